The van der Waals surface area contributed by atoms with Crippen LogP contribution < -0.4 is 11.3 Å². The largest absolute Gasteiger partial charge is 0.271 e. The van der Waals surface area contributed by atoms with E-state index in [0.29, 0.717) is 10.9 Å². The number of rotatable bonds is 4. The van der Waals surface area contributed by atoms with Gasteiger partial charge in [-0.15, -0.1) is 5.10 Å². The van der Waals surface area contributed by atoms with E-state index in [9.17, 15) is 4.39 Å². The summed E-state index contributed by atoms with van der Waals surface area (Å²) in [6.45, 7) is 6.25. The fraction of sp³-hybridized carbons (Fsp3) is 0.429. The van der Waals surface area contributed by atoms with Crippen LogP contribution in [0.3, 0.4) is 0 Å². The Labute approximate surface area is 136 Å². The van der Waals surface area contributed by atoms with Crippen LogP contribution in [0.25, 0.3) is 0 Å². The van der Waals surface area contributed by atoms with Crippen LogP contribution in [0, 0.1) is 5.82 Å². The summed E-state index contributed by atoms with van der Waals surface area (Å²) in [5.74, 6) is 5.43. The van der Waals surface area contributed by atoms with Gasteiger partial charge in [-0.2, -0.15) is 0 Å². The average Bonchev–Trinajstić information content (AvgIpc) is 2.89. The lowest BCUT2D eigenvalue weighted by Crippen LogP contribution is -2.31. The second-order valence-corrected chi connectivity index (χ2v) is 7.45. The molecule has 7 heteroatoms. The van der Waals surface area contributed by atoms with Crippen molar-refractivity contribution in [2.75, 3.05) is 0 Å². The van der Waals surface area contributed by atoms with Crippen molar-refractivity contribution in [3.63, 3.8) is 0 Å². The maximum absolute atomic E-state index is 13.6. The summed E-state index contributed by atoms with van der Waals surface area (Å²) in [6, 6.07) is 4.84. The van der Waals surface area contributed by atoms with Crippen molar-refractivity contribution in [3.05, 3.63) is 44.6 Å². The minimum atomic E-state index is -0.276. The fourth-order valence-electron chi connectivity index (χ4n) is 2.10. The average molecular weight is 373 g/mol. The van der Waals surface area contributed by atoms with Crippen LogP contribution in [0.15, 0.2) is 22.7 Å². The normalized spacial score (nSPS) is 13.4. The van der Waals surface area contributed by atoms with E-state index in [-0.39, 0.29) is 17.3 Å². The van der Waals surface area contributed by atoms with Gasteiger partial charge in [-0.05, 0) is 45.5 Å². The zero-order valence-corrected chi connectivity index (χ0v) is 14.6. The Hall–Kier alpha value is -0.890. The van der Waals surface area contributed by atoms with Crippen LogP contribution in [0.1, 0.15) is 42.9 Å². The molecule has 1 unspecified atom stereocenters. The lowest BCUT2D eigenvalue weighted by Gasteiger charge is -2.21. The van der Waals surface area contributed by atoms with Crippen molar-refractivity contribution >= 4 is 27.5 Å². The number of benzene rings is 1. The molecule has 0 aliphatic heterocycles. The smallest absolute Gasteiger partial charge is 0.137 e. The SMILES string of the molecule is CC(C)(C)c1nnsc1C(Cc1cccc(F)c1Br)NN. The van der Waals surface area contributed by atoms with Gasteiger partial charge < -0.3 is 0 Å². The summed E-state index contributed by atoms with van der Waals surface area (Å²) in [5, 5.41) is 4.23. The second-order valence-electron chi connectivity index (χ2n) is 5.87. The van der Waals surface area contributed by atoms with Gasteiger partial charge in [0.2, 0.25) is 0 Å². The standard InChI is InChI=1S/C14H18BrFN4S/c1-14(2,3)13-12(21-20-19-13)10(18-17)7-8-5-4-6-9(16)11(8)15/h4-6,10,18H,7,17H2,1-3H3. The Morgan fingerprint density at radius 2 is 2.14 bits per heavy atom. The fourth-order valence-corrected chi connectivity index (χ4v) is 3.45. The molecule has 1 aromatic carbocycles. The van der Waals surface area contributed by atoms with Gasteiger partial charge in [0.1, 0.15) is 5.82 Å². The van der Waals surface area contributed by atoms with E-state index >= 15 is 0 Å². The zero-order chi connectivity index (χ0) is 15.6. The van der Waals surface area contributed by atoms with Gasteiger partial charge in [-0.3, -0.25) is 11.3 Å². The number of hydrazine groups is 1. The molecule has 0 saturated heterocycles. The molecule has 2 rings (SSSR count). The topological polar surface area (TPSA) is 63.8 Å². The molecule has 3 N–H and O–H groups in total. The summed E-state index contributed by atoms with van der Waals surface area (Å²) in [7, 11) is 0. The molecule has 0 aliphatic carbocycles. The van der Waals surface area contributed by atoms with E-state index < -0.39 is 0 Å². The molecule has 0 radical (unpaired) electrons. The van der Waals surface area contributed by atoms with Gasteiger partial charge in [0.05, 0.1) is 21.1 Å². The Bertz CT molecular complexity index is 624. The van der Waals surface area contributed by atoms with Crippen LogP contribution in [-0.2, 0) is 11.8 Å². The van der Waals surface area contributed by atoms with Gasteiger partial charge in [-0.25, -0.2) is 4.39 Å². The first kappa shape index (κ1) is 16.5. The molecule has 114 valence electrons. The summed E-state index contributed by atoms with van der Waals surface area (Å²) in [6.07, 6.45) is 0.557. The summed E-state index contributed by atoms with van der Waals surface area (Å²) < 4.78 is 18.1. The summed E-state index contributed by atoms with van der Waals surface area (Å²) >= 11 is 4.61. The van der Waals surface area contributed by atoms with Crippen LogP contribution in [0.4, 0.5) is 4.39 Å². The van der Waals surface area contributed by atoms with Crippen molar-refractivity contribution in [1.82, 2.24) is 15.0 Å². The van der Waals surface area contributed by atoms with Crippen molar-refractivity contribution in [2.45, 2.75) is 38.6 Å². The van der Waals surface area contributed by atoms with E-state index in [0.717, 1.165) is 16.1 Å². The molecule has 0 saturated carbocycles. The third kappa shape index (κ3) is 3.66. The molecule has 21 heavy (non-hydrogen) atoms. The minimum absolute atomic E-state index is 0.114. The highest BCUT2D eigenvalue weighted by atomic mass is 79.9. The lowest BCUT2D eigenvalue weighted by atomic mass is 9.89. The van der Waals surface area contributed by atoms with E-state index in [2.05, 4.69) is 51.7 Å². The molecular formula is C14H18BrFN4S. The van der Waals surface area contributed by atoms with Gasteiger partial charge in [0.25, 0.3) is 0 Å². The Kier molecular flexibility index (Phi) is 5.08. The molecule has 0 aliphatic rings. The highest BCUT2D eigenvalue weighted by Crippen LogP contribution is 2.33. The molecule has 2 aromatic rings. The molecule has 0 fully saturated rings. The number of aromatic nitrogens is 2. The maximum atomic E-state index is 13.6. The predicted octanol–water partition coefficient (Wildman–Crippen LogP) is 3.48. The number of nitrogens with one attached hydrogen (secondary N) is 1. The van der Waals surface area contributed by atoms with Gasteiger partial charge in [0, 0.05) is 5.41 Å². The van der Waals surface area contributed by atoms with Crippen LogP contribution in [0.2, 0.25) is 0 Å². The highest BCUT2D eigenvalue weighted by Gasteiger charge is 2.27. The van der Waals surface area contributed by atoms with Crippen LogP contribution >= 0.6 is 27.5 Å². The van der Waals surface area contributed by atoms with Gasteiger partial charge >= 0.3 is 0 Å². The quantitative estimate of drug-likeness (QED) is 0.636. The minimum Gasteiger partial charge on any atom is -0.271 e. The number of hydrogen-bond donors (Lipinski definition) is 2. The maximum Gasteiger partial charge on any atom is 0.137 e. The lowest BCUT2D eigenvalue weighted by molar-refractivity contribution is 0.513. The summed E-state index contributed by atoms with van der Waals surface area (Å²) in [4.78, 5) is 0.987. The van der Waals surface area contributed by atoms with Crippen LogP contribution in [0.5, 0.6) is 0 Å². The second kappa shape index (κ2) is 6.48. The highest BCUT2D eigenvalue weighted by molar-refractivity contribution is 9.10. The van der Waals surface area contributed by atoms with E-state index in [1.54, 1.807) is 6.07 Å². The monoisotopic (exact) mass is 372 g/mol. The first-order chi connectivity index (χ1) is 9.84. The number of nitrogens with zero attached hydrogens (tertiary/aromatic N) is 2. The number of halogens is 2. The van der Waals surface area contributed by atoms with Crippen molar-refractivity contribution in [2.24, 2.45) is 5.84 Å². The van der Waals surface area contributed by atoms with Crippen molar-refractivity contribution in [3.8, 4) is 0 Å². The molecule has 1 atom stereocenters. The molecule has 0 bridgehead atoms. The molecule has 0 amide bonds. The van der Waals surface area contributed by atoms with Crippen LogP contribution in [-0.4, -0.2) is 9.59 Å². The Morgan fingerprint density at radius 3 is 2.76 bits per heavy atom. The Morgan fingerprint density at radius 1 is 1.43 bits per heavy atom. The van der Waals surface area contributed by atoms with Gasteiger partial charge in [0.15, 0.2) is 0 Å². The molecule has 0 spiro atoms. The Balaban J connectivity index is 2.33. The predicted molar refractivity (Wildman–Crippen MR) is 86.5 cm³/mol. The number of nitrogens with two attached hydrogens (primary N) is 1. The van der Waals surface area contributed by atoms with E-state index in [4.69, 9.17) is 5.84 Å². The van der Waals surface area contributed by atoms with E-state index in [1.807, 2.05) is 6.07 Å². The first-order valence-electron chi connectivity index (χ1n) is 6.56. The molecule has 1 heterocycles. The number of hydrogen-bond acceptors (Lipinski definition) is 5. The molecule has 1 aromatic heterocycles. The third-order valence-electron chi connectivity index (χ3n) is 3.20. The molecular weight excluding hydrogens is 355 g/mol. The van der Waals surface area contributed by atoms with Gasteiger partial charge in [-0.1, -0.05) is 37.4 Å². The summed E-state index contributed by atoms with van der Waals surface area (Å²) in [5.41, 5.74) is 4.46. The van der Waals surface area contributed by atoms with Crippen molar-refractivity contribution < 1.29 is 4.39 Å². The molecule has 4 nitrogen and oxygen atoms in total. The zero-order valence-electron chi connectivity index (χ0n) is 12.2. The first-order valence-corrected chi connectivity index (χ1v) is 8.13. The third-order valence-corrected chi connectivity index (χ3v) is 4.92. The van der Waals surface area contributed by atoms with E-state index in [1.165, 1.54) is 17.6 Å². The van der Waals surface area contributed by atoms with Crippen molar-refractivity contribution in [1.29, 1.82) is 0 Å².